The molecule has 0 fully saturated rings. The summed E-state index contributed by atoms with van der Waals surface area (Å²) in [6.45, 7) is 5.98. The van der Waals surface area contributed by atoms with Gasteiger partial charge in [-0.15, -0.1) is 11.3 Å². The molecule has 0 atom stereocenters. The molecule has 6 heteroatoms. The number of carboxylic acids is 1. The summed E-state index contributed by atoms with van der Waals surface area (Å²) in [5, 5.41) is 17.8. The fourth-order valence-corrected chi connectivity index (χ4v) is 3.79. The molecule has 2 aromatic rings. The van der Waals surface area contributed by atoms with E-state index in [1.807, 2.05) is 30.4 Å². The monoisotopic (exact) mass is 426 g/mol. The first-order valence-corrected chi connectivity index (χ1v) is 11.0. The summed E-state index contributed by atoms with van der Waals surface area (Å²) in [7, 11) is 0. The molecule has 0 unspecified atom stereocenters. The third-order valence-corrected chi connectivity index (χ3v) is 5.60. The zero-order chi connectivity index (χ0) is 21.9. The van der Waals surface area contributed by atoms with E-state index in [4.69, 9.17) is 10.4 Å². The second-order valence-corrected chi connectivity index (χ2v) is 8.10. The lowest BCUT2D eigenvalue weighted by Gasteiger charge is -2.25. The van der Waals surface area contributed by atoms with Crippen molar-refractivity contribution in [3.8, 4) is 6.07 Å². The van der Waals surface area contributed by atoms with Crippen LogP contribution in [-0.2, 0) is 4.79 Å². The second kappa shape index (κ2) is 11.9. The van der Waals surface area contributed by atoms with Crippen LogP contribution in [0.1, 0.15) is 54.8 Å². The number of aliphatic carboxylic acids is 1. The highest BCUT2D eigenvalue weighted by atomic mass is 32.1. The van der Waals surface area contributed by atoms with E-state index < -0.39 is 5.97 Å². The minimum atomic E-state index is -1.24. The predicted molar refractivity (Wildman–Crippen MR) is 123 cm³/mol. The van der Waals surface area contributed by atoms with Gasteiger partial charge in [0.1, 0.15) is 17.5 Å². The Morgan fingerprint density at radius 1 is 1.13 bits per heavy atom. The Labute approximate surface area is 181 Å². The third-order valence-electron chi connectivity index (χ3n) is 4.60. The molecule has 1 heterocycles. The number of unbranched alkanes of at least 4 members (excludes halogenated alkanes) is 2. The maximum absolute atomic E-state index is 14.8. The van der Waals surface area contributed by atoms with Gasteiger partial charge in [-0.2, -0.15) is 5.26 Å². The highest BCUT2D eigenvalue weighted by Crippen LogP contribution is 2.25. The van der Waals surface area contributed by atoms with Gasteiger partial charge in [0.15, 0.2) is 0 Å². The van der Waals surface area contributed by atoms with Gasteiger partial charge in [0.25, 0.3) is 0 Å². The molecule has 0 radical (unpaired) electrons. The van der Waals surface area contributed by atoms with Crippen molar-refractivity contribution in [2.24, 2.45) is 0 Å². The molecular weight excluding hydrogens is 399 g/mol. The van der Waals surface area contributed by atoms with Crippen LogP contribution in [0.25, 0.3) is 18.2 Å². The number of rotatable bonds is 11. The van der Waals surface area contributed by atoms with Crippen LogP contribution in [0, 0.1) is 17.1 Å². The summed E-state index contributed by atoms with van der Waals surface area (Å²) in [6, 6.07) is 10.6. The topological polar surface area (TPSA) is 64.3 Å². The minimum Gasteiger partial charge on any atom is -0.477 e. The van der Waals surface area contributed by atoms with Crippen LogP contribution in [0.3, 0.4) is 0 Å². The van der Waals surface area contributed by atoms with Crippen molar-refractivity contribution in [1.82, 2.24) is 0 Å². The summed E-state index contributed by atoms with van der Waals surface area (Å²) in [5.41, 5.74) is 1.10. The lowest BCUT2D eigenvalue weighted by molar-refractivity contribution is -0.132. The molecule has 0 aliphatic carbocycles. The Morgan fingerprint density at radius 2 is 1.80 bits per heavy atom. The highest BCUT2D eigenvalue weighted by molar-refractivity contribution is 7.13. The maximum atomic E-state index is 14.8. The number of thiophene rings is 1. The number of nitriles is 1. The first-order chi connectivity index (χ1) is 14.5. The van der Waals surface area contributed by atoms with E-state index in [2.05, 4.69) is 18.7 Å². The summed E-state index contributed by atoms with van der Waals surface area (Å²) < 4.78 is 14.8. The summed E-state index contributed by atoms with van der Waals surface area (Å²) >= 11 is 1.36. The summed E-state index contributed by atoms with van der Waals surface area (Å²) in [5.74, 6) is -1.47. The molecule has 0 aliphatic heterocycles. The number of hydrogen-bond donors (Lipinski definition) is 1. The minimum absolute atomic E-state index is 0.223. The molecule has 1 aromatic heterocycles. The fourth-order valence-electron chi connectivity index (χ4n) is 2.93. The van der Waals surface area contributed by atoms with Crippen molar-refractivity contribution in [3.05, 3.63) is 57.0 Å². The Kier molecular flexibility index (Phi) is 9.30. The van der Waals surface area contributed by atoms with E-state index in [1.165, 1.54) is 17.4 Å². The average Bonchev–Trinajstić information content (AvgIpc) is 3.18. The maximum Gasteiger partial charge on any atom is 0.346 e. The van der Waals surface area contributed by atoms with Crippen LogP contribution in [-0.4, -0.2) is 24.2 Å². The first kappa shape index (κ1) is 23.4. The summed E-state index contributed by atoms with van der Waals surface area (Å²) in [6.07, 6.45) is 9.26. The molecule has 2 rings (SSSR count). The van der Waals surface area contributed by atoms with E-state index >= 15 is 0 Å². The van der Waals surface area contributed by atoms with Crippen molar-refractivity contribution >= 4 is 41.2 Å². The zero-order valence-corrected chi connectivity index (χ0v) is 18.2. The van der Waals surface area contributed by atoms with Gasteiger partial charge in [0.2, 0.25) is 0 Å². The number of carbonyl (C=O) groups is 1. The number of hydrogen-bond acceptors (Lipinski definition) is 4. The van der Waals surface area contributed by atoms with Crippen molar-refractivity contribution < 1.29 is 14.3 Å². The van der Waals surface area contributed by atoms with Gasteiger partial charge in [-0.3, -0.25) is 0 Å². The van der Waals surface area contributed by atoms with Crippen LogP contribution in [0.2, 0.25) is 0 Å². The van der Waals surface area contributed by atoms with Crippen molar-refractivity contribution in [1.29, 1.82) is 5.26 Å². The average molecular weight is 427 g/mol. The van der Waals surface area contributed by atoms with Gasteiger partial charge in [-0.25, -0.2) is 9.18 Å². The fraction of sp³-hybridized carbons (Fsp3) is 0.333. The molecule has 30 heavy (non-hydrogen) atoms. The molecule has 0 spiro atoms. The van der Waals surface area contributed by atoms with Crippen LogP contribution in [0.4, 0.5) is 10.1 Å². The second-order valence-electron chi connectivity index (χ2n) is 6.95. The lowest BCUT2D eigenvalue weighted by atomic mass is 10.1. The third kappa shape index (κ3) is 6.85. The highest BCUT2D eigenvalue weighted by Gasteiger charge is 2.11. The number of anilines is 1. The van der Waals surface area contributed by atoms with Crippen LogP contribution < -0.4 is 4.90 Å². The number of nitrogens with zero attached hydrogens (tertiary/aromatic N) is 2. The van der Waals surface area contributed by atoms with Crippen molar-refractivity contribution in [3.63, 3.8) is 0 Å². The van der Waals surface area contributed by atoms with Gasteiger partial charge in [-0.1, -0.05) is 38.8 Å². The molecule has 158 valence electrons. The van der Waals surface area contributed by atoms with E-state index in [1.54, 1.807) is 18.2 Å². The van der Waals surface area contributed by atoms with E-state index in [9.17, 15) is 9.18 Å². The number of halogens is 1. The Balaban J connectivity index is 2.14. The molecule has 0 saturated heterocycles. The smallest absolute Gasteiger partial charge is 0.346 e. The molecule has 0 saturated carbocycles. The largest absolute Gasteiger partial charge is 0.477 e. The molecule has 0 amide bonds. The summed E-state index contributed by atoms with van der Waals surface area (Å²) in [4.78, 5) is 14.6. The van der Waals surface area contributed by atoms with E-state index in [0.29, 0.717) is 10.6 Å². The SMILES string of the molecule is CCCCN(CCCC)c1ccc(/C=C/c2ccc(C=C(C#N)C(=O)O)s2)cc1F. The molecule has 0 aliphatic rings. The standard InChI is InChI=1S/C24H27FN2O2S/c1-3-5-13-27(14-6-4-2)23-12-8-18(15-22(23)25)7-9-20-10-11-21(30-20)16-19(17-26)24(28)29/h7-12,15-16H,3-6,13-14H2,1-2H3,(H,28,29)/b9-7+,19-16?. The van der Waals surface area contributed by atoms with Gasteiger partial charge in [-0.05, 0) is 54.8 Å². The van der Waals surface area contributed by atoms with Gasteiger partial charge in [0, 0.05) is 22.8 Å². The number of benzene rings is 1. The van der Waals surface area contributed by atoms with Gasteiger partial charge in [0.05, 0.1) is 5.69 Å². The van der Waals surface area contributed by atoms with Gasteiger partial charge < -0.3 is 10.0 Å². The lowest BCUT2D eigenvalue weighted by Crippen LogP contribution is -2.26. The first-order valence-electron chi connectivity index (χ1n) is 10.2. The van der Waals surface area contributed by atoms with Crippen LogP contribution in [0.15, 0.2) is 35.9 Å². The Morgan fingerprint density at radius 3 is 2.37 bits per heavy atom. The quantitative estimate of drug-likeness (QED) is 0.331. The molecule has 4 nitrogen and oxygen atoms in total. The van der Waals surface area contributed by atoms with Crippen molar-refractivity contribution in [2.45, 2.75) is 39.5 Å². The van der Waals surface area contributed by atoms with E-state index in [-0.39, 0.29) is 11.4 Å². The zero-order valence-electron chi connectivity index (χ0n) is 17.4. The normalized spacial score (nSPS) is 11.6. The predicted octanol–water partition coefficient (Wildman–Crippen LogP) is 6.46. The Bertz CT molecular complexity index is 948. The molecular formula is C24H27FN2O2S. The van der Waals surface area contributed by atoms with E-state index in [0.717, 1.165) is 49.2 Å². The van der Waals surface area contributed by atoms with Crippen LogP contribution in [0.5, 0.6) is 0 Å². The van der Waals surface area contributed by atoms with Crippen LogP contribution >= 0.6 is 11.3 Å². The van der Waals surface area contributed by atoms with Crippen molar-refractivity contribution in [2.75, 3.05) is 18.0 Å². The number of carboxylic acid groups (broad SMARTS) is 1. The molecule has 0 bridgehead atoms. The van der Waals surface area contributed by atoms with Gasteiger partial charge >= 0.3 is 5.97 Å². The molecule has 1 N–H and O–H groups in total. The Hall–Kier alpha value is -2.91. The molecule has 1 aromatic carbocycles.